The minimum absolute atomic E-state index is 0.691. The van der Waals surface area contributed by atoms with E-state index in [1.54, 1.807) is 0 Å². The van der Waals surface area contributed by atoms with Gasteiger partial charge in [0.1, 0.15) is 0 Å². The molecule has 4 heteroatoms. The van der Waals surface area contributed by atoms with Crippen LogP contribution in [0, 0.1) is 13.8 Å². The van der Waals surface area contributed by atoms with Gasteiger partial charge in [0.2, 0.25) is 0 Å². The highest BCUT2D eigenvalue weighted by Crippen LogP contribution is 2.33. The lowest BCUT2D eigenvalue weighted by Crippen LogP contribution is -2.00. The summed E-state index contributed by atoms with van der Waals surface area (Å²) in [5.74, 6) is 2.08. The Morgan fingerprint density at radius 1 is 0.512 bits per heavy atom. The Labute approximate surface area is 262 Å². The quantitative estimate of drug-likeness (QED) is 0.114. The Kier molecular flexibility index (Phi) is 11.3. The molecule has 0 aliphatic heterocycles. The molecule has 0 aliphatic carbocycles. The summed E-state index contributed by atoms with van der Waals surface area (Å²) in [6, 6.07) is 29.6. The number of hydrogen-bond acceptors (Lipinski definition) is 4. The van der Waals surface area contributed by atoms with Crippen molar-refractivity contribution in [2.75, 3.05) is 0 Å². The topological polar surface area (TPSA) is 38.7 Å². The SMILES string of the molecule is CCCCCCCCCCCCc1cc(-c2ccc(-c3nc(-c4ccccc4)nc(-c4ccc(C)cc4)n3)cc2)sc1C. The molecule has 2 heterocycles. The number of hydrogen-bond donors (Lipinski definition) is 0. The third kappa shape index (κ3) is 8.70. The lowest BCUT2D eigenvalue weighted by Gasteiger charge is -2.09. The van der Waals surface area contributed by atoms with Gasteiger partial charge in [-0.25, -0.2) is 15.0 Å². The fraction of sp³-hybridized carbons (Fsp3) is 0.359. The lowest BCUT2D eigenvalue weighted by atomic mass is 10.0. The van der Waals surface area contributed by atoms with Gasteiger partial charge in [-0.2, -0.15) is 0 Å². The standard InChI is InChI=1S/C39H45N3S/c1-4-5-6-7-8-9-10-11-12-14-19-35-28-36(43-30(35)3)31-24-26-34(27-25-31)39-41-37(32-17-15-13-16-18-32)40-38(42-39)33-22-20-29(2)21-23-33/h13,15-18,20-28H,4-12,14,19H2,1-3H3. The Balaban J connectivity index is 1.25. The van der Waals surface area contributed by atoms with Crippen LogP contribution in [0.2, 0.25) is 0 Å². The van der Waals surface area contributed by atoms with Crippen molar-refractivity contribution in [3.8, 4) is 44.6 Å². The van der Waals surface area contributed by atoms with Crippen LogP contribution in [-0.4, -0.2) is 15.0 Å². The van der Waals surface area contributed by atoms with Gasteiger partial charge in [0.15, 0.2) is 17.5 Å². The van der Waals surface area contributed by atoms with Crippen molar-refractivity contribution < 1.29 is 0 Å². The molecule has 0 radical (unpaired) electrons. The molecule has 0 amide bonds. The summed E-state index contributed by atoms with van der Waals surface area (Å²) in [4.78, 5) is 17.4. The first kappa shape index (κ1) is 30.8. The summed E-state index contributed by atoms with van der Waals surface area (Å²) >= 11 is 1.91. The maximum absolute atomic E-state index is 4.91. The average molecular weight is 588 g/mol. The van der Waals surface area contributed by atoms with E-state index in [0.717, 1.165) is 16.7 Å². The fourth-order valence-corrected chi connectivity index (χ4v) is 6.63. The highest BCUT2D eigenvalue weighted by atomic mass is 32.1. The molecular weight excluding hydrogens is 543 g/mol. The number of aryl methyl sites for hydroxylation is 3. The molecule has 0 unspecified atom stereocenters. The summed E-state index contributed by atoms with van der Waals surface area (Å²) in [5, 5.41) is 0. The van der Waals surface area contributed by atoms with E-state index in [4.69, 9.17) is 15.0 Å². The highest BCUT2D eigenvalue weighted by Gasteiger charge is 2.13. The summed E-state index contributed by atoms with van der Waals surface area (Å²) in [7, 11) is 0. The molecule has 5 aromatic rings. The Bertz CT molecular complexity index is 1550. The number of nitrogens with zero attached hydrogens (tertiary/aromatic N) is 3. The van der Waals surface area contributed by atoms with Crippen LogP contribution in [0.1, 0.15) is 87.1 Å². The third-order valence-electron chi connectivity index (χ3n) is 8.23. The molecule has 0 atom stereocenters. The zero-order valence-corrected chi connectivity index (χ0v) is 26.9. The first-order chi connectivity index (χ1) is 21.1. The van der Waals surface area contributed by atoms with Crippen molar-refractivity contribution in [2.45, 2.75) is 91.4 Å². The molecule has 0 N–H and O–H groups in total. The maximum atomic E-state index is 4.91. The van der Waals surface area contributed by atoms with Crippen LogP contribution in [0.4, 0.5) is 0 Å². The van der Waals surface area contributed by atoms with Crippen LogP contribution in [0.3, 0.4) is 0 Å². The molecule has 3 aromatic carbocycles. The second-order valence-corrected chi connectivity index (χ2v) is 13.0. The number of rotatable bonds is 15. The number of benzene rings is 3. The summed E-state index contributed by atoms with van der Waals surface area (Å²) in [6.45, 7) is 6.66. The van der Waals surface area contributed by atoms with E-state index in [9.17, 15) is 0 Å². The molecule has 0 spiro atoms. The zero-order chi connectivity index (χ0) is 29.9. The largest absolute Gasteiger partial charge is 0.208 e. The van der Waals surface area contributed by atoms with Gasteiger partial charge in [-0.15, -0.1) is 11.3 Å². The molecule has 3 nitrogen and oxygen atoms in total. The number of unbranched alkanes of at least 4 members (excludes halogenated alkanes) is 9. The van der Waals surface area contributed by atoms with Gasteiger partial charge in [-0.3, -0.25) is 0 Å². The Morgan fingerprint density at radius 3 is 1.53 bits per heavy atom. The van der Waals surface area contributed by atoms with E-state index in [0.29, 0.717) is 17.5 Å². The molecule has 2 aromatic heterocycles. The van der Waals surface area contributed by atoms with Gasteiger partial charge in [0, 0.05) is 26.4 Å². The first-order valence-corrected chi connectivity index (χ1v) is 17.0. The van der Waals surface area contributed by atoms with E-state index in [2.05, 4.69) is 75.4 Å². The molecule has 0 aliphatic rings. The zero-order valence-electron chi connectivity index (χ0n) is 26.1. The second kappa shape index (κ2) is 15.7. The Morgan fingerprint density at radius 2 is 0.977 bits per heavy atom. The first-order valence-electron chi connectivity index (χ1n) is 16.2. The van der Waals surface area contributed by atoms with Gasteiger partial charge >= 0.3 is 0 Å². The van der Waals surface area contributed by atoms with Crippen molar-refractivity contribution in [1.82, 2.24) is 15.0 Å². The van der Waals surface area contributed by atoms with Crippen LogP contribution in [0.25, 0.3) is 44.6 Å². The van der Waals surface area contributed by atoms with Crippen molar-refractivity contribution >= 4 is 11.3 Å². The van der Waals surface area contributed by atoms with Crippen molar-refractivity contribution in [1.29, 1.82) is 0 Å². The lowest BCUT2D eigenvalue weighted by molar-refractivity contribution is 0.556. The highest BCUT2D eigenvalue weighted by molar-refractivity contribution is 7.15. The van der Waals surface area contributed by atoms with Crippen LogP contribution in [0.5, 0.6) is 0 Å². The van der Waals surface area contributed by atoms with Gasteiger partial charge in [-0.1, -0.05) is 149 Å². The van der Waals surface area contributed by atoms with E-state index < -0.39 is 0 Å². The Hall–Kier alpha value is -3.63. The molecular formula is C39H45N3S. The van der Waals surface area contributed by atoms with E-state index in [1.807, 2.05) is 41.7 Å². The molecule has 0 saturated carbocycles. The molecule has 0 bridgehead atoms. The van der Waals surface area contributed by atoms with Gasteiger partial charge < -0.3 is 0 Å². The van der Waals surface area contributed by atoms with Gasteiger partial charge in [0.25, 0.3) is 0 Å². The molecule has 0 saturated heterocycles. The molecule has 5 rings (SSSR count). The smallest absolute Gasteiger partial charge is 0.164 e. The van der Waals surface area contributed by atoms with Crippen molar-refractivity contribution in [2.24, 2.45) is 0 Å². The monoisotopic (exact) mass is 587 g/mol. The summed E-state index contributed by atoms with van der Waals surface area (Å²) < 4.78 is 0. The summed E-state index contributed by atoms with van der Waals surface area (Å²) in [5.41, 5.74) is 6.95. The van der Waals surface area contributed by atoms with Crippen molar-refractivity contribution in [3.05, 3.63) is 101 Å². The summed E-state index contributed by atoms with van der Waals surface area (Å²) in [6.07, 6.45) is 15.0. The normalized spacial score (nSPS) is 11.2. The molecule has 222 valence electrons. The minimum atomic E-state index is 0.691. The van der Waals surface area contributed by atoms with E-state index in [-0.39, 0.29) is 0 Å². The van der Waals surface area contributed by atoms with Gasteiger partial charge in [0.05, 0.1) is 0 Å². The number of aromatic nitrogens is 3. The third-order valence-corrected chi connectivity index (χ3v) is 9.37. The average Bonchev–Trinajstić information content (AvgIpc) is 3.42. The van der Waals surface area contributed by atoms with Crippen LogP contribution in [-0.2, 0) is 6.42 Å². The fourth-order valence-electron chi connectivity index (χ4n) is 5.55. The van der Waals surface area contributed by atoms with E-state index >= 15 is 0 Å². The molecule has 43 heavy (non-hydrogen) atoms. The molecule has 0 fully saturated rings. The van der Waals surface area contributed by atoms with E-state index in [1.165, 1.54) is 97.1 Å². The van der Waals surface area contributed by atoms with Crippen molar-refractivity contribution in [3.63, 3.8) is 0 Å². The van der Waals surface area contributed by atoms with Crippen LogP contribution >= 0.6 is 11.3 Å². The number of thiophene rings is 1. The van der Waals surface area contributed by atoms with Gasteiger partial charge in [-0.05, 0) is 43.9 Å². The predicted octanol–water partition coefficient (Wildman–Crippen LogP) is 11.7. The van der Waals surface area contributed by atoms with Crippen LogP contribution < -0.4 is 0 Å². The predicted molar refractivity (Wildman–Crippen MR) is 184 cm³/mol. The maximum Gasteiger partial charge on any atom is 0.164 e. The minimum Gasteiger partial charge on any atom is -0.208 e. The van der Waals surface area contributed by atoms with Crippen LogP contribution in [0.15, 0.2) is 84.9 Å². The second-order valence-electron chi connectivity index (χ2n) is 11.7.